The first-order chi connectivity index (χ1) is 10.7. The quantitative estimate of drug-likeness (QED) is 0.926. The molecule has 0 unspecified atom stereocenters. The van der Waals surface area contributed by atoms with Gasteiger partial charge in [-0.3, -0.25) is 4.79 Å². The van der Waals surface area contributed by atoms with E-state index in [1.807, 2.05) is 4.90 Å². The summed E-state index contributed by atoms with van der Waals surface area (Å²) in [5, 5.41) is 3.43. The van der Waals surface area contributed by atoms with Crippen LogP contribution in [0.3, 0.4) is 0 Å². The third kappa shape index (κ3) is 3.58. The van der Waals surface area contributed by atoms with Crippen molar-refractivity contribution in [1.29, 1.82) is 0 Å². The van der Waals surface area contributed by atoms with Gasteiger partial charge in [-0.05, 0) is 49.9 Å². The van der Waals surface area contributed by atoms with Crippen molar-refractivity contribution in [3.8, 4) is 5.75 Å². The highest BCUT2D eigenvalue weighted by molar-refractivity contribution is 5.76. The maximum atomic E-state index is 13.4. The van der Waals surface area contributed by atoms with Crippen molar-refractivity contribution in [2.45, 2.75) is 19.3 Å². The summed E-state index contributed by atoms with van der Waals surface area (Å²) in [5.41, 5.74) is 0. The first-order valence-electron chi connectivity index (χ1n) is 8.10. The molecule has 0 radical (unpaired) electrons. The predicted molar refractivity (Wildman–Crippen MR) is 82.2 cm³/mol. The summed E-state index contributed by atoms with van der Waals surface area (Å²) >= 11 is 0. The number of rotatable bonds is 4. The fourth-order valence-corrected chi connectivity index (χ4v) is 3.44. The monoisotopic (exact) mass is 306 g/mol. The third-order valence-corrected chi connectivity index (χ3v) is 4.78. The van der Waals surface area contributed by atoms with E-state index < -0.39 is 0 Å². The molecule has 0 bridgehead atoms. The standard InChI is InChI=1S/C17H23FN2O2/c18-15-3-1-2-4-16(15)22-10-7-17(21)20-8-5-13-11-19-12-14(13)6-9-20/h1-4,13-14,19H,5-12H2/t13-,14+. The van der Waals surface area contributed by atoms with E-state index in [1.165, 1.54) is 6.07 Å². The van der Waals surface area contributed by atoms with Crippen LogP contribution in [0.5, 0.6) is 5.75 Å². The van der Waals surface area contributed by atoms with Crippen molar-refractivity contribution in [1.82, 2.24) is 10.2 Å². The van der Waals surface area contributed by atoms with Crippen LogP contribution in [0, 0.1) is 17.7 Å². The largest absolute Gasteiger partial charge is 0.490 e. The molecule has 120 valence electrons. The van der Waals surface area contributed by atoms with Crippen molar-refractivity contribution in [3.05, 3.63) is 30.1 Å². The summed E-state index contributed by atoms with van der Waals surface area (Å²) in [6.07, 6.45) is 2.47. The zero-order valence-corrected chi connectivity index (χ0v) is 12.8. The van der Waals surface area contributed by atoms with Crippen LogP contribution in [0.4, 0.5) is 4.39 Å². The molecule has 0 aromatic heterocycles. The number of carbonyl (C=O) groups is 1. The fourth-order valence-electron chi connectivity index (χ4n) is 3.44. The SMILES string of the molecule is O=C(CCOc1ccccc1F)N1CC[C@@H]2CNC[C@@H]2CC1. The van der Waals surface area contributed by atoms with Crippen molar-refractivity contribution in [2.75, 3.05) is 32.8 Å². The zero-order chi connectivity index (χ0) is 15.4. The Hall–Kier alpha value is -1.62. The molecule has 4 nitrogen and oxygen atoms in total. The van der Waals surface area contributed by atoms with E-state index in [4.69, 9.17) is 4.74 Å². The highest BCUT2D eigenvalue weighted by Crippen LogP contribution is 2.27. The number of hydrogen-bond acceptors (Lipinski definition) is 3. The average molecular weight is 306 g/mol. The third-order valence-electron chi connectivity index (χ3n) is 4.78. The lowest BCUT2D eigenvalue weighted by atomic mass is 9.92. The van der Waals surface area contributed by atoms with Crippen molar-refractivity contribution >= 4 is 5.91 Å². The molecule has 2 heterocycles. The summed E-state index contributed by atoms with van der Waals surface area (Å²) in [7, 11) is 0. The van der Waals surface area contributed by atoms with E-state index in [1.54, 1.807) is 18.2 Å². The topological polar surface area (TPSA) is 41.6 Å². The molecule has 3 rings (SSSR count). The highest BCUT2D eigenvalue weighted by Gasteiger charge is 2.31. The Kier molecular flexibility index (Phi) is 4.93. The van der Waals surface area contributed by atoms with Gasteiger partial charge in [0, 0.05) is 13.1 Å². The van der Waals surface area contributed by atoms with Gasteiger partial charge in [0.1, 0.15) is 0 Å². The molecule has 5 heteroatoms. The summed E-state index contributed by atoms with van der Waals surface area (Å²) in [4.78, 5) is 14.2. The molecule has 0 saturated carbocycles. The molecule has 2 aliphatic rings. The second kappa shape index (κ2) is 7.09. The fraction of sp³-hybridized carbons (Fsp3) is 0.588. The van der Waals surface area contributed by atoms with Gasteiger partial charge in [-0.2, -0.15) is 0 Å². The van der Waals surface area contributed by atoms with Crippen molar-refractivity contribution in [3.63, 3.8) is 0 Å². The van der Waals surface area contributed by atoms with Gasteiger partial charge in [0.15, 0.2) is 11.6 Å². The van der Waals surface area contributed by atoms with Crippen molar-refractivity contribution < 1.29 is 13.9 Å². The molecule has 22 heavy (non-hydrogen) atoms. The summed E-state index contributed by atoms with van der Waals surface area (Å²) in [6.45, 7) is 4.07. The number of nitrogens with one attached hydrogen (secondary N) is 1. The van der Waals surface area contributed by atoms with Crippen LogP contribution >= 0.6 is 0 Å². The maximum absolute atomic E-state index is 13.4. The normalized spacial score (nSPS) is 24.7. The molecule has 1 amide bonds. The van der Waals surface area contributed by atoms with E-state index in [0.29, 0.717) is 18.3 Å². The summed E-state index contributed by atoms with van der Waals surface area (Å²) in [6, 6.07) is 6.29. The molecule has 2 fully saturated rings. The van der Waals surface area contributed by atoms with E-state index in [2.05, 4.69) is 5.32 Å². The first kappa shape index (κ1) is 15.3. The van der Waals surface area contributed by atoms with Crippen LogP contribution in [0.25, 0.3) is 0 Å². The van der Waals surface area contributed by atoms with Crippen LogP contribution in [0.1, 0.15) is 19.3 Å². The second-order valence-corrected chi connectivity index (χ2v) is 6.17. The Morgan fingerprint density at radius 2 is 1.91 bits per heavy atom. The van der Waals surface area contributed by atoms with Gasteiger partial charge in [-0.25, -0.2) is 4.39 Å². The van der Waals surface area contributed by atoms with Crippen LogP contribution in [0.15, 0.2) is 24.3 Å². The Morgan fingerprint density at radius 1 is 1.23 bits per heavy atom. The Bertz CT molecular complexity index is 509. The number of likely N-dealkylation sites (tertiary alicyclic amines) is 1. The number of para-hydroxylation sites is 1. The molecule has 0 aliphatic carbocycles. The van der Waals surface area contributed by atoms with Crippen LogP contribution in [-0.4, -0.2) is 43.6 Å². The number of amides is 1. The highest BCUT2D eigenvalue weighted by atomic mass is 19.1. The van der Waals surface area contributed by atoms with Gasteiger partial charge in [-0.15, -0.1) is 0 Å². The number of carbonyl (C=O) groups excluding carboxylic acids is 1. The predicted octanol–water partition coefficient (Wildman–Crippen LogP) is 2.05. The average Bonchev–Trinajstić information content (AvgIpc) is 2.87. The minimum Gasteiger partial charge on any atom is -0.490 e. The number of hydrogen-bond donors (Lipinski definition) is 1. The lowest BCUT2D eigenvalue weighted by Crippen LogP contribution is -2.33. The van der Waals surface area contributed by atoms with Gasteiger partial charge in [0.2, 0.25) is 5.91 Å². The molecule has 2 atom stereocenters. The van der Waals surface area contributed by atoms with Crippen LogP contribution in [-0.2, 0) is 4.79 Å². The summed E-state index contributed by atoms with van der Waals surface area (Å²) in [5.74, 6) is 1.38. The van der Waals surface area contributed by atoms with Gasteiger partial charge in [-0.1, -0.05) is 12.1 Å². The molecular formula is C17H23FN2O2. The second-order valence-electron chi connectivity index (χ2n) is 6.17. The minimum absolute atomic E-state index is 0.115. The van der Waals surface area contributed by atoms with E-state index in [9.17, 15) is 9.18 Å². The van der Waals surface area contributed by atoms with Gasteiger partial charge in [0.05, 0.1) is 13.0 Å². The number of fused-ring (bicyclic) bond motifs is 1. The molecule has 1 aromatic carbocycles. The van der Waals surface area contributed by atoms with Gasteiger partial charge >= 0.3 is 0 Å². The number of ether oxygens (including phenoxy) is 1. The van der Waals surface area contributed by atoms with E-state index in [0.717, 1.165) is 39.0 Å². The molecule has 2 saturated heterocycles. The molecule has 1 aromatic rings. The zero-order valence-electron chi connectivity index (χ0n) is 12.8. The Morgan fingerprint density at radius 3 is 2.59 bits per heavy atom. The van der Waals surface area contributed by atoms with E-state index >= 15 is 0 Å². The summed E-state index contributed by atoms with van der Waals surface area (Å²) < 4.78 is 18.8. The minimum atomic E-state index is -0.384. The van der Waals surface area contributed by atoms with Crippen LogP contribution < -0.4 is 10.1 Å². The number of benzene rings is 1. The number of halogens is 1. The van der Waals surface area contributed by atoms with Crippen molar-refractivity contribution in [2.24, 2.45) is 11.8 Å². The van der Waals surface area contributed by atoms with Gasteiger partial charge in [0.25, 0.3) is 0 Å². The number of nitrogens with zero attached hydrogens (tertiary/aromatic N) is 1. The van der Waals surface area contributed by atoms with Gasteiger partial charge < -0.3 is 15.0 Å². The molecule has 1 N–H and O–H groups in total. The Labute approximate surface area is 130 Å². The molecular weight excluding hydrogens is 283 g/mol. The lowest BCUT2D eigenvalue weighted by molar-refractivity contribution is -0.131. The van der Waals surface area contributed by atoms with Crippen LogP contribution in [0.2, 0.25) is 0 Å². The Balaban J connectivity index is 1.45. The maximum Gasteiger partial charge on any atom is 0.225 e. The smallest absolute Gasteiger partial charge is 0.225 e. The lowest BCUT2D eigenvalue weighted by Gasteiger charge is -2.21. The van der Waals surface area contributed by atoms with E-state index in [-0.39, 0.29) is 24.1 Å². The first-order valence-corrected chi connectivity index (χ1v) is 8.10. The molecule has 0 spiro atoms. The molecule has 2 aliphatic heterocycles.